The second-order valence-corrected chi connectivity index (χ2v) is 4.61. The van der Waals surface area contributed by atoms with Crippen LogP contribution in [-0.2, 0) is 4.79 Å². The van der Waals surface area contributed by atoms with Gasteiger partial charge in [0.05, 0.1) is 6.07 Å². The van der Waals surface area contributed by atoms with E-state index in [1.165, 1.54) is 0 Å². The molecule has 0 fully saturated rings. The zero-order valence-electron chi connectivity index (χ0n) is 9.77. The van der Waals surface area contributed by atoms with E-state index in [0.717, 1.165) is 0 Å². The molecule has 0 atom stereocenters. The minimum absolute atomic E-state index is 0.0669. The van der Waals surface area contributed by atoms with E-state index in [4.69, 9.17) is 5.26 Å². The maximum atomic E-state index is 11.7. The number of hydrogen-bond donors (Lipinski definition) is 1. The molecular formula is C11H20N2O. The molecule has 0 aromatic carbocycles. The van der Waals surface area contributed by atoms with Crippen LogP contribution in [0.2, 0.25) is 0 Å². The number of nitriles is 1. The first-order valence-corrected chi connectivity index (χ1v) is 5.05. The first kappa shape index (κ1) is 13.0. The Kier molecular flexibility index (Phi) is 4.12. The number of carbonyl (C=O) groups is 1. The molecule has 14 heavy (non-hydrogen) atoms. The average Bonchev–Trinajstić information content (AvgIpc) is 2.12. The Morgan fingerprint density at radius 3 is 1.93 bits per heavy atom. The zero-order chi connectivity index (χ0) is 11.4. The Balaban J connectivity index is 4.65. The van der Waals surface area contributed by atoms with Crippen molar-refractivity contribution >= 4 is 5.91 Å². The third kappa shape index (κ3) is 3.02. The predicted octanol–water partition coefficient (Wildman–Crippen LogP) is 2.23. The largest absolute Gasteiger partial charge is 0.337 e. The van der Waals surface area contributed by atoms with Crippen LogP contribution in [0.3, 0.4) is 0 Å². The minimum atomic E-state index is -0.690. The molecule has 0 saturated heterocycles. The van der Waals surface area contributed by atoms with Crippen molar-refractivity contribution in [3.63, 3.8) is 0 Å². The van der Waals surface area contributed by atoms with Gasteiger partial charge in [-0.15, -0.1) is 0 Å². The summed E-state index contributed by atoms with van der Waals surface area (Å²) in [5.74, 6) is -0.0669. The molecule has 1 N–H and O–H groups in total. The first-order valence-electron chi connectivity index (χ1n) is 5.05. The molecule has 3 heteroatoms. The van der Waals surface area contributed by atoms with Crippen molar-refractivity contribution in [2.24, 2.45) is 5.41 Å². The Morgan fingerprint density at radius 2 is 1.71 bits per heavy atom. The summed E-state index contributed by atoms with van der Waals surface area (Å²) in [6, 6.07) is 2.19. The highest BCUT2D eigenvalue weighted by Gasteiger charge is 2.32. The van der Waals surface area contributed by atoms with Gasteiger partial charge in [0, 0.05) is 5.41 Å². The van der Waals surface area contributed by atoms with Gasteiger partial charge in [0.2, 0.25) is 5.91 Å². The number of nitrogens with one attached hydrogen (secondary N) is 1. The number of nitrogens with zero attached hydrogens (tertiary/aromatic N) is 1. The van der Waals surface area contributed by atoms with Crippen molar-refractivity contribution in [1.29, 1.82) is 5.26 Å². The Bertz CT molecular complexity index is 241. The van der Waals surface area contributed by atoms with Crippen molar-refractivity contribution in [3.8, 4) is 6.07 Å². The van der Waals surface area contributed by atoms with Crippen LogP contribution in [0, 0.1) is 16.7 Å². The summed E-state index contributed by atoms with van der Waals surface area (Å²) in [4.78, 5) is 11.7. The fraction of sp³-hybridized carbons (Fsp3) is 0.818. The molecule has 3 nitrogen and oxygen atoms in total. The highest BCUT2D eigenvalue weighted by atomic mass is 16.2. The van der Waals surface area contributed by atoms with E-state index in [-0.39, 0.29) is 5.91 Å². The number of carbonyl (C=O) groups excluding carboxylic acids is 1. The molecule has 0 aliphatic carbocycles. The highest BCUT2D eigenvalue weighted by Crippen LogP contribution is 2.19. The summed E-state index contributed by atoms with van der Waals surface area (Å²) >= 11 is 0. The van der Waals surface area contributed by atoms with Crippen molar-refractivity contribution in [3.05, 3.63) is 0 Å². The highest BCUT2D eigenvalue weighted by molar-refractivity contribution is 5.82. The molecule has 1 amide bonds. The number of amides is 1. The van der Waals surface area contributed by atoms with Gasteiger partial charge in [-0.1, -0.05) is 34.6 Å². The second kappa shape index (κ2) is 4.45. The Hall–Kier alpha value is -1.04. The van der Waals surface area contributed by atoms with Crippen molar-refractivity contribution in [2.45, 2.75) is 53.0 Å². The summed E-state index contributed by atoms with van der Waals surface area (Å²) in [7, 11) is 0. The molecule has 0 aliphatic heterocycles. The SMILES string of the molecule is CCC(C#N)(CC)NC(=O)C(C)(C)C. The summed E-state index contributed by atoms with van der Waals surface area (Å²) < 4.78 is 0. The molecule has 0 heterocycles. The minimum Gasteiger partial charge on any atom is -0.337 e. The van der Waals surface area contributed by atoms with Gasteiger partial charge < -0.3 is 5.32 Å². The average molecular weight is 196 g/mol. The van der Waals surface area contributed by atoms with Gasteiger partial charge in [-0.25, -0.2) is 0 Å². The van der Waals surface area contributed by atoms with Crippen LogP contribution in [0.1, 0.15) is 47.5 Å². The lowest BCUT2D eigenvalue weighted by molar-refractivity contribution is -0.130. The van der Waals surface area contributed by atoms with E-state index in [1.807, 2.05) is 34.6 Å². The summed E-state index contributed by atoms with van der Waals surface area (Å²) in [6.07, 6.45) is 1.28. The van der Waals surface area contributed by atoms with E-state index in [9.17, 15) is 4.79 Å². The maximum Gasteiger partial charge on any atom is 0.226 e. The lowest BCUT2D eigenvalue weighted by atomic mass is 9.90. The van der Waals surface area contributed by atoms with Crippen LogP contribution in [0.4, 0.5) is 0 Å². The Morgan fingerprint density at radius 1 is 1.29 bits per heavy atom. The third-order valence-corrected chi connectivity index (χ3v) is 2.46. The smallest absolute Gasteiger partial charge is 0.226 e. The zero-order valence-corrected chi connectivity index (χ0v) is 9.77. The molecule has 0 spiro atoms. The van der Waals surface area contributed by atoms with Gasteiger partial charge in [-0.2, -0.15) is 5.26 Å². The van der Waals surface area contributed by atoms with E-state index >= 15 is 0 Å². The van der Waals surface area contributed by atoms with E-state index < -0.39 is 11.0 Å². The quantitative estimate of drug-likeness (QED) is 0.752. The fourth-order valence-electron chi connectivity index (χ4n) is 1.02. The first-order chi connectivity index (χ1) is 6.31. The molecule has 0 bridgehead atoms. The van der Waals surface area contributed by atoms with Gasteiger partial charge in [0.25, 0.3) is 0 Å². The van der Waals surface area contributed by atoms with Gasteiger partial charge in [-0.3, -0.25) is 4.79 Å². The van der Waals surface area contributed by atoms with Crippen LogP contribution >= 0.6 is 0 Å². The number of rotatable bonds is 3. The molecule has 0 saturated carbocycles. The Labute approximate surface area is 86.5 Å². The molecule has 0 radical (unpaired) electrons. The van der Waals surface area contributed by atoms with Crippen LogP contribution in [0.15, 0.2) is 0 Å². The standard InChI is InChI=1S/C11H20N2O/c1-6-11(7-2,8-12)13-9(14)10(3,4)5/h6-7H2,1-5H3,(H,13,14). The van der Waals surface area contributed by atoms with Gasteiger partial charge in [0.15, 0.2) is 0 Å². The summed E-state index contributed by atoms with van der Waals surface area (Å²) in [6.45, 7) is 9.35. The lowest BCUT2D eigenvalue weighted by Gasteiger charge is -2.29. The van der Waals surface area contributed by atoms with Gasteiger partial charge in [0.1, 0.15) is 5.54 Å². The van der Waals surface area contributed by atoms with Crippen LogP contribution in [0.25, 0.3) is 0 Å². The predicted molar refractivity (Wildman–Crippen MR) is 56.5 cm³/mol. The molecule has 0 aromatic rings. The number of hydrogen-bond acceptors (Lipinski definition) is 2. The topological polar surface area (TPSA) is 52.9 Å². The summed E-state index contributed by atoms with van der Waals surface area (Å²) in [5, 5.41) is 11.8. The van der Waals surface area contributed by atoms with Gasteiger partial charge in [-0.05, 0) is 12.8 Å². The molecule has 80 valence electrons. The molecule has 0 aliphatic rings. The van der Waals surface area contributed by atoms with Crippen LogP contribution in [0.5, 0.6) is 0 Å². The van der Waals surface area contributed by atoms with Crippen molar-refractivity contribution in [2.75, 3.05) is 0 Å². The van der Waals surface area contributed by atoms with E-state index in [0.29, 0.717) is 12.8 Å². The van der Waals surface area contributed by atoms with E-state index in [2.05, 4.69) is 11.4 Å². The molecule has 0 rings (SSSR count). The second-order valence-electron chi connectivity index (χ2n) is 4.61. The lowest BCUT2D eigenvalue weighted by Crippen LogP contribution is -2.50. The molecule has 0 aromatic heterocycles. The maximum absolute atomic E-state index is 11.7. The fourth-order valence-corrected chi connectivity index (χ4v) is 1.02. The van der Waals surface area contributed by atoms with Gasteiger partial charge >= 0.3 is 0 Å². The van der Waals surface area contributed by atoms with Crippen LogP contribution < -0.4 is 5.32 Å². The van der Waals surface area contributed by atoms with Crippen molar-refractivity contribution < 1.29 is 4.79 Å². The van der Waals surface area contributed by atoms with E-state index in [1.54, 1.807) is 0 Å². The molecule has 0 unspecified atom stereocenters. The van der Waals surface area contributed by atoms with Crippen molar-refractivity contribution in [1.82, 2.24) is 5.32 Å². The van der Waals surface area contributed by atoms with Crippen LogP contribution in [-0.4, -0.2) is 11.4 Å². The normalized spacial score (nSPS) is 12.0. The molecular weight excluding hydrogens is 176 g/mol. The summed E-state index contributed by atoms with van der Waals surface area (Å²) in [5.41, 5.74) is -1.13. The third-order valence-electron chi connectivity index (χ3n) is 2.46. The monoisotopic (exact) mass is 196 g/mol.